The summed E-state index contributed by atoms with van der Waals surface area (Å²) in [7, 11) is -3.77. The quantitative estimate of drug-likeness (QED) is 0.777. The number of amides is 1. The molecule has 2 heterocycles. The molecule has 4 aliphatic carbocycles. The molecule has 2 aliphatic heterocycles. The summed E-state index contributed by atoms with van der Waals surface area (Å²) in [4.78, 5) is 15.4. The van der Waals surface area contributed by atoms with Crippen LogP contribution in [0.1, 0.15) is 74.6 Å². The fraction of sp³-hybridized carbons (Fsp3) is 0.652. The van der Waals surface area contributed by atoms with Gasteiger partial charge < -0.3 is 10.2 Å². The monoisotopic (exact) mass is 427 g/mol. The number of hydrogen-bond acceptors (Lipinski definition) is 4. The number of rotatable bonds is 2. The number of sulfonamides is 1. The average Bonchev–Trinajstić information content (AvgIpc) is 2.91. The fourth-order valence-electron chi connectivity index (χ4n) is 7.20. The lowest BCUT2D eigenvalue weighted by Gasteiger charge is -2.56. The summed E-state index contributed by atoms with van der Waals surface area (Å²) < 4.78 is 29.9. The summed E-state index contributed by atoms with van der Waals surface area (Å²) in [6, 6.07) is 5.14. The summed E-state index contributed by atoms with van der Waals surface area (Å²) in [6.45, 7) is 0.778. The van der Waals surface area contributed by atoms with Gasteiger partial charge in [0.15, 0.2) is 0 Å². The molecule has 7 rings (SSSR count). The van der Waals surface area contributed by atoms with Gasteiger partial charge in [0.1, 0.15) is 10.7 Å². The van der Waals surface area contributed by atoms with E-state index < -0.39 is 10.0 Å². The highest BCUT2D eigenvalue weighted by Gasteiger charge is 2.51. The summed E-state index contributed by atoms with van der Waals surface area (Å²) in [5.74, 6) is 2.75. The Balaban J connectivity index is 1.30. The maximum atomic E-state index is 13.2. The molecule has 1 N–H and O–H groups in total. The van der Waals surface area contributed by atoms with Crippen molar-refractivity contribution in [2.45, 2.75) is 74.6 Å². The minimum Gasteiger partial charge on any atom is -0.347 e. The van der Waals surface area contributed by atoms with Gasteiger partial charge in [-0.3, -0.25) is 4.79 Å². The summed E-state index contributed by atoms with van der Waals surface area (Å²) in [5.41, 5.74) is 1.02. The molecule has 0 aromatic heterocycles. The summed E-state index contributed by atoms with van der Waals surface area (Å²) in [6.07, 6.45) is 11.0. The highest BCUT2D eigenvalue weighted by Crippen LogP contribution is 2.55. The van der Waals surface area contributed by atoms with E-state index >= 15 is 0 Å². The smallest absolute Gasteiger partial charge is 0.286 e. The van der Waals surface area contributed by atoms with Crippen LogP contribution in [-0.2, 0) is 10.0 Å². The third-order valence-electron chi connectivity index (χ3n) is 8.03. The van der Waals surface area contributed by atoms with Gasteiger partial charge in [0.05, 0.1) is 5.69 Å². The van der Waals surface area contributed by atoms with Crippen molar-refractivity contribution in [2.24, 2.45) is 22.2 Å². The average molecular weight is 428 g/mol. The van der Waals surface area contributed by atoms with Crippen LogP contribution >= 0.6 is 0 Å². The lowest BCUT2D eigenvalue weighted by Crippen LogP contribution is -2.59. The molecule has 0 unspecified atom stereocenters. The van der Waals surface area contributed by atoms with Crippen LogP contribution in [0.2, 0.25) is 0 Å². The Labute approximate surface area is 178 Å². The van der Waals surface area contributed by atoms with Crippen molar-refractivity contribution in [1.29, 1.82) is 0 Å². The molecular weight excluding hydrogens is 398 g/mol. The standard InChI is InChI=1S/C23H29N3O3S/c27-22(24-23-12-15-8-16(13-23)10-17(9-15)14-23)18-5-6-19-20(11-18)30(28,29)25-21-4-2-1-3-7-26(19)21/h5-6,11,15-17H,1-4,7-10,12-14H2,(H,24,27). The van der Waals surface area contributed by atoms with Gasteiger partial charge in [0.2, 0.25) is 0 Å². The van der Waals surface area contributed by atoms with Crippen LogP contribution in [0.3, 0.4) is 0 Å². The highest BCUT2D eigenvalue weighted by molar-refractivity contribution is 7.90. The summed E-state index contributed by atoms with van der Waals surface area (Å²) >= 11 is 0. The Morgan fingerprint density at radius 3 is 2.43 bits per heavy atom. The normalized spacial score (nSPS) is 35.8. The Kier molecular flexibility index (Phi) is 4.12. The first-order chi connectivity index (χ1) is 14.4. The van der Waals surface area contributed by atoms with Crippen molar-refractivity contribution in [1.82, 2.24) is 5.32 Å². The molecule has 1 aromatic rings. The van der Waals surface area contributed by atoms with Crippen molar-refractivity contribution in [3.05, 3.63) is 23.8 Å². The van der Waals surface area contributed by atoms with Crippen LogP contribution in [0.5, 0.6) is 0 Å². The van der Waals surface area contributed by atoms with Crippen molar-refractivity contribution in [2.75, 3.05) is 11.4 Å². The largest absolute Gasteiger partial charge is 0.347 e. The first-order valence-corrected chi connectivity index (χ1v) is 12.9. The molecule has 160 valence electrons. The lowest BCUT2D eigenvalue weighted by molar-refractivity contribution is -0.0167. The van der Waals surface area contributed by atoms with E-state index in [0.717, 1.165) is 62.8 Å². The minimum absolute atomic E-state index is 0.0866. The number of fused-ring (bicyclic) bond motifs is 3. The van der Waals surface area contributed by atoms with Crippen LogP contribution in [0.15, 0.2) is 27.5 Å². The number of anilines is 1. The van der Waals surface area contributed by atoms with E-state index in [2.05, 4.69) is 9.71 Å². The predicted octanol–water partition coefficient (Wildman–Crippen LogP) is 3.87. The third kappa shape index (κ3) is 3.00. The van der Waals surface area contributed by atoms with Gasteiger partial charge in [-0.05, 0) is 87.3 Å². The van der Waals surface area contributed by atoms with Gasteiger partial charge in [0.25, 0.3) is 15.9 Å². The van der Waals surface area contributed by atoms with Crippen LogP contribution in [0.25, 0.3) is 0 Å². The van der Waals surface area contributed by atoms with E-state index in [-0.39, 0.29) is 16.3 Å². The van der Waals surface area contributed by atoms with Crippen molar-refractivity contribution in [3.8, 4) is 0 Å². The molecule has 1 aromatic carbocycles. The number of amidine groups is 1. The SMILES string of the molecule is O=C(NC12CC3CC(CC(C3)C1)C2)c1ccc2c(c1)S(=O)(=O)N=C1CCCCCN12. The minimum atomic E-state index is -3.77. The zero-order valence-electron chi connectivity index (χ0n) is 17.3. The van der Waals surface area contributed by atoms with Crippen molar-refractivity contribution in [3.63, 3.8) is 0 Å². The molecule has 6 aliphatic rings. The molecular formula is C23H29N3O3S. The van der Waals surface area contributed by atoms with E-state index in [0.29, 0.717) is 23.5 Å². The molecule has 1 amide bonds. The summed E-state index contributed by atoms with van der Waals surface area (Å²) in [5, 5.41) is 3.36. The van der Waals surface area contributed by atoms with Gasteiger partial charge in [-0.2, -0.15) is 8.42 Å². The number of carbonyl (C=O) groups is 1. The number of carbonyl (C=O) groups excluding carboxylic acids is 1. The number of benzene rings is 1. The van der Waals surface area contributed by atoms with Crippen LogP contribution in [0.4, 0.5) is 5.69 Å². The maximum absolute atomic E-state index is 13.2. The second-order valence-corrected chi connectivity index (χ2v) is 11.9. The molecule has 7 heteroatoms. The Bertz CT molecular complexity index is 1010. The molecule has 5 fully saturated rings. The molecule has 4 bridgehead atoms. The molecule has 4 saturated carbocycles. The fourth-order valence-corrected chi connectivity index (χ4v) is 8.48. The zero-order valence-corrected chi connectivity index (χ0v) is 18.1. The van der Waals surface area contributed by atoms with Crippen LogP contribution in [0, 0.1) is 17.8 Å². The number of nitrogens with one attached hydrogen (secondary N) is 1. The maximum Gasteiger partial charge on any atom is 0.286 e. The van der Waals surface area contributed by atoms with Gasteiger partial charge >= 0.3 is 0 Å². The topological polar surface area (TPSA) is 78.8 Å². The Morgan fingerprint density at radius 2 is 1.73 bits per heavy atom. The van der Waals surface area contributed by atoms with Gasteiger partial charge in [-0.1, -0.05) is 6.42 Å². The van der Waals surface area contributed by atoms with E-state index in [1.807, 2.05) is 11.0 Å². The van der Waals surface area contributed by atoms with Crippen LogP contribution < -0.4 is 10.2 Å². The lowest BCUT2D eigenvalue weighted by atomic mass is 9.53. The Hall–Kier alpha value is -1.89. The third-order valence-corrected chi connectivity index (χ3v) is 9.36. The van der Waals surface area contributed by atoms with E-state index in [4.69, 9.17) is 0 Å². The second kappa shape index (κ2) is 6.55. The van der Waals surface area contributed by atoms with Gasteiger partial charge in [0, 0.05) is 24.1 Å². The number of hydrogen-bond donors (Lipinski definition) is 1. The van der Waals surface area contributed by atoms with Gasteiger partial charge in [-0.25, -0.2) is 0 Å². The van der Waals surface area contributed by atoms with Crippen LogP contribution in [-0.4, -0.2) is 32.2 Å². The Morgan fingerprint density at radius 1 is 1.03 bits per heavy atom. The highest BCUT2D eigenvalue weighted by atomic mass is 32.2. The zero-order chi connectivity index (χ0) is 20.5. The predicted molar refractivity (Wildman–Crippen MR) is 115 cm³/mol. The number of nitrogens with zero attached hydrogens (tertiary/aromatic N) is 2. The first kappa shape index (κ1) is 18.8. The second-order valence-electron chi connectivity index (χ2n) is 10.3. The molecule has 0 atom stereocenters. The van der Waals surface area contributed by atoms with Crippen molar-refractivity contribution < 1.29 is 13.2 Å². The van der Waals surface area contributed by atoms with Gasteiger partial charge in [-0.15, -0.1) is 4.40 Å². The molecule has 30 heavy (non-hydrogen) atoms. The van der Waals surface area contributed by atoms with Crippen molar-refractivity contribution >= 4 is 27.5 Å². The van der Waals surface area contributed by atoms with E-state index in [9.17, 15) is 13.2 Å². The first-order valence-electron chi connectivity index (χ1n) is 11.5. The molecule has 0 radical (unpaired) electrons. The van der Waals surface area contributed by atoms with E-state index in [1.54, 1.807) is 12.1 Å². The molecule has 0 spiro atoms. The molecule has 1 saturated heterocycles. The molecule has 6 nitrogen and oxygen atoms in total. The van der Waals surface area contributed by atoms with E-state index in [1.165, 1.54) is 19.3 Å².